The van der Waals surface area contributed by atoms with Crippen molar-refractivity contribution in [1.29, 1.82) is 0 Å². The monoisotopic (exact) mass is 282 g/mol. The molecule has 1 N–H and O–H groups in total. The normalized spacial score (nSPS) is 15.5. The Morgan fingerprint density at radius 3 is 2.62 bits per heavy atom. The maximum absolute atomic E-state index is 4.80. The summed E-state index contributed by atoms with van der Waals surface area (Å²) in [5, 5.41) is 3.37. The molecule has 0 radical (unpaired) electrons. The van der Waals surface area contributed by atoms with E-state index in [4.69, 9.17) is 4.98 Å². The molecule has 1 aromatic heterocycles. The van der Waals surface area contributed by atoms with Gasteiger partial charge in [-0.2, -0.15) is 0 Å². The number of nitrogens with zero attached hydrogens (tertiary/aromatic N) is 3. The summed E-state index contributed by atoms with van der Waals surface area (Å²) in [5.41, 5.74) is 2.44. The summed E-state index contributed by atoms with van der Waals surface area (Å²) in [5.74, 6) is 2.32. The highest BCUT2D eigenvalue weighted by Gasteiger charge is 2.15. The van der Waals surface area contributed by atoms with E-state index in [-0.39, 0.29) is 0 Å². The second kappa shape index (κ2) is 6.22. The number of aromatic nitrogens is 2. The number of hydrogen-bond acceptors (Lipinski definition) is 4. The molecular weight excluding hydrogens is 260 g/mol. The topological polar surface area (TPSA) is 41.1 Å². The molecule has 2 aromatic rings. The first-order chi connectivity index (χ1) is 10.3. The molecule has 1 aliphatic rings. The molecule has 3 rings (SSSR count). The Hall–Kier alpha value is -1.94. The van der Waals surface area contributed by atoms with Crippen LogP contribution in [0.2, 0.25) is 0 Å². The minimum atomic E-state index is 0.465. The van der Waals surface area contributed by atoms with Crippen molar-refractivity contribution >= 4 is 5.82 Å². The van der Waals surface area contributed by atoms with Crippen molar-refractivity contribution in [2.75, 3.05) is 31.1 Å². The third-order valence-electron chi connectivity index (χ3n) is 3.91. The van der Waals surface area contributed by atoms with E-state index in [2.05, 4.69) is 53.3 Å². The lowest BCUT2D eigenvalue weighted by Crippen LogP contribution is -2.43. The van der Waals surface area contributed by atoms with Crippen LogP contribution in [-0.2, 0) is 0 Å². The van der Waals surface area contributed by atoms with Crippen LogP contribution in [0.25, 0.3) is 11.4 Å². The van der Waals surface area contributed by atoms with Crippen LogP contribution in [0.5, 0.6) is 0 Å². The minimum Gasteiger partial charge on any atom is -0.354 e. The van der Waals surface area contributed by atoms with Gasteiger partial charge >= 0.3 is 0 Å². The van der Waals surface area contributed by atoms with Gasteiger partial charge in [-0.15, -0.1) is 0 Å². The van der Waals surface area contributed by atoms with E-state index in [1.54, 1.807) is 0 Å². The lowest BCUT2D eigenvalue weighted by molar-refractivity contribution is 0.585. The van der Waals surface area contributed by atoms with Gasteiger partial charge in [0.2, 0.25) is 0 Å². The number of anilines is 1. The van der Waals surface area contributed by atoms with E-state index in [1.165, 1.54) is 5.56 Å². The van der Waals surface area contributed by atoms with Crippen LogP contribution in [0.1, 0.15) is 25.3 Å². The molecule has 0 unspecified atom stereocenters. The quantitative estimate of drug-likeness (QED) is 0.939. The molecule has 0 saturated carbocycles. The second-order valence-corrected chi connectivity index (χ2v) is 5.72. The van der Waals surface area contributed by atoms with E-state index >= 15 is 0 Å². The highest BCUT2D eigenvalue weighted by molar-refractivity contribution is 5.62. The molecule has 0 spiro atoms. The maximum Gasteiger partial charge on any atom is 0.161 e. The largest absolute Gasteiger partial charge is 0.354 e. The van der Waals surface area contributed by atoms with Crippen LogP contribution in [0.3, 0.4) is 0 Å². The third-order valence-corrected chi connectivity index (χ3v) is 3.91. The van der Waals surface area contributed by atoms with Crippen LogP contribution in [0.15, 0.2) is 36.5 Å². The molecule has 110 valence electrons. The lowest BCUT2D eigenvalue weighted by atomic mass is 9.97. The molecular formula is C17H22N4. The molecule has 0 amide bonds. The third kappa shape index (κ3) is 3.05. The maximum atomic E-state index is 4.80. The van der Waals surface area contributed by atoms with E-state index in [0.717, 1.165) is 43.4 Å². The molecule has 0 atom stereocenters. The number of benzene rings is 1. The number of hydrogen-bond donors (Lipinski definition) is 1. The van der Waals surface area contributed by atoms with E-state index < -0.39 is 0 Å². The molecule has 1 aliphatic heterocycles. The predicted molar refractivity (Wildman–Crippen MR) is 86.6 cm³/mol. The van der Waals surface area contributed by atoms with Crippen molar-refractivity contribution < 1.29 is 0 Å². The standard InChI is InChI=1S/C17H22N4/c1-13(2)14-5-3-4-6-15(14)17-19-8-7-16(20-17)21-11-9-18-10-12-21/h3-8,13,18H,9-12H2,1-2H3. The SMILES string of the molecule is CC(C)c1ccccc1-c1nccc(N2CCNCC2)n1. The first-order valence-electron chi connectivity index (χ1n) is 7.63. The molecule has 1 aromatic carbocycles. The Bertz CT molecular complexity index is 603. The Morgan fingerprint density at radius 1 is 1.10 bits per heavy atom. The highest BCUT2D eigenvalue weighted by atomic mass is 15.2. The van der Waals surface area contributed by atoms with Crippen LogP contribution in [0.4, 0.5) is 5.82 Å². The lowest BCUT2D eigenvalue weighted by Gasteiger charge is -2.28. The van der Waals surface area contributed by atoms with Crippen molar-refractivity contribution in [3.05, 3.63) is 42.1 Å². The van der Waals surface area contributed by atoms with Crippen LogP contribution in [0, 0.1) is 0 Å². The molecule has 4 nitrogen and oxygen atoms in total. The Morgan fingerprint density at radius 2 is 1.86 bits per heavy atom. The fourth-order valence-corrected chi connectivity index (χ4v) is 2.75. The number of rotatable bonds is 3. The fraction of sp³-hybridized carbons (Fsp3) is 0.412. The zero-order valence-corrected chi connectivity index (χ0v) is 12.7. The first kappa shape index (κ1) is 14.0. The Kier molecular flexibility index (Phi) is 4.15. The van der Waals surface area contributed by atoms with Gasteiger partial charge in [0, 0.05) is 37.9 Å². The van der Waals surface area contributed by atoms with Crippen LogP contribution < -0.4 is 10.2 Å². The van der Waals surface area contributed by atoms with Crippen molar-refractivity contribution in [3.63, 3.8) is 0 Å². The van der Waals surface area contributed by atoms with Crippen LogP contribution >= 0.6 is 0 Å². The van der Waals surface area contributed by atoms with Gasteiger partial charge < -0.3 is 10.2 Å². The fourth-order valence-electron chi connectivity index (χ4n) is 2.75. The summed E-state index contributed by atoms with van der Waals surface area (Å²) in [6.45, 7) is 8.45. The van der Waals surface area contributed by atoms with Gasteiger partial charge in [0.25, 0.3) is 0 Å². The van der Waals surface area contributed by atoms with Gasteiger partial charge in [-0.3, -0.25) is 0 Å². The predicted octanol–water partition coefficient (Wildman–Crippen LogP) is 2.68. The van der Waals surface area contributed by atoms with Gasteiger partial charge in [0.15, 0.2) is 5.82 Å². The average Bonchev–Trinajstić information content (AvgIpc) is 2.56. The van der Waals surface area contributed by atoms with Crippen molar-refractivity contribution in [2.45, 2.75) is 19.8 Å². The van der Waals surface area contributed by atoms with Gasteiger partial charge in [-0.25, -0.2) is 9.97 Å². The van der Waals surface area contributed by atoms with Crippen LogP contribution in [-0.4, -0.2) is 36.1 Å². The summed E-state index contributed by atoms with van der Waals surface area (Å²) < 4.78 is 0. The summed E-state index contributed by atoms with van der Waals surface area (Å²) in [6, 6.07) is 10.4. The average molecular weight is 282 g/mol. The molecule has 2 heterocycles. The molecule has 1 fully saturated rings. The smallest absolute Gasteiger partial charge is 0.161 e. The van der Waals surface area contributed by atoms with Gasteiger partial charge in [0.1, 0.15) is 5.82 Å². The van der Waals surface area contributed by atoms with E-state index in [1.807, 2.05) is 12.3 Å². The summed E-state index contributed by atoms with van der Waals surface area (Å²) in [6.07, 6.45) is 1.87. The number of nitrogens with one attached hydrogen (secondary N) is 1. The van der Waals surface area contributed by atoms with Gasteiger partial charge in [-0.1, -0.05) is 38.1 Å². The van der Waals surface area contributed by atoms with E-state index in [9.17, 15) is 0 Å². The summed E-state index contributed by atoms with van der Waals surface area (Å²) >= 11 is 0. The first-order valence-corrected chi connectivity index (χ1v) is 7.63. The molecule has 0 bridgehead atoms. The summed E-state index contributed by atoms with van der Waals surface area (Å²) in [7, 11) is 0. The highest BCUT2D eigenvalue weighted by Crippen LogP contribution is 2.27. The molecule has 1 saturated heterocycles. The summed E-state index contributed by atoms with van der Waals surface area (Å²) in [4.78, 5) is 11.6. The molecule has 0 aliphatic carbocycles. The van der Waals surface area contributed by atoms with Gasteiger partial charge in [0.05, 0.1) is 0 Å². The number of piperazine rings is 1. The van der Waals surface area contributed by atoms with Crippen molar-refractivity contribution in [3.8, 4) is 11.4 Å². The molecule has 4 heteroatoms. The minimum absolute atomic E-state index is 0.465. The van der Waals surface area contributed by atoms with E-state index in [0.29, 0.717) is 5.92 Å². The zero-order chi connectivity index (χ0) is 14.7. The van der Waals surface area contributed by atoms with Gasteiger partial charge in [-0.05, 0) is 17.5 Å². The molecule has 21 heavy (non-hydrogen) atoms. The second-order valence-electron chi connectivity index (χ2n) is 5.72. The van der Waals surface area contributed by atoms with Crippen molar-refractivity contribution in [1.82, 2.24) is 15.3 Å². The Balaban J connectivity index is 1.96. The Labute approximate surface area is 126 Å². The van der Waals surface area contributed by atoms with Crippen molar-refractivity contribution in [2.24, 2.45) is 0 Å². The zero-order valence-electron chi connectivity index (χ0n) is 12.7.